The summed E-state index contributed by atoms with van der Waals surface area (Å²) in [7, 11) is 0. The van der Waals surface area contributed by atoms with Gasteiger partial charge in [0.05, 0.1) is 6.47 Å². The minimum atomic E-state index is 0.0351. The highest BCUT2D eigenvalue weighted by Crippen LogP contribution is 2.54. The lowest BCUT2D eigenvalue weighted by atomic mass is 9.87. The van der Waals surface area contributed by atoms with Crippen molar-refractivity contribution < 1.29 is 0 Å². The smallest absolute Gasteiger partial charge is 0.0726 e. The van der Waals surface area contributed by atoms with Gasteiger partial charge in [-0.05, 0) is 19.8 Å². The van der Waals surface area contributed by atoms with Crippen LogP contribution in [-0.2, 0) is 0 Å². The predicted octanol–water partition coefficient (Wildman–Crippen LogP) is 5.17. The molecule has 0 bridgehead atoms. The second-order valence-electron chi connectivity index (χ2n) is 3.52. The molecule has 4 heteroatoms. The van der Waals surface area contributed by atoms with E-state index >= 15 is 0 Å². The monoisotopic (exact) mass is 424 g/mol. The maximum absolute atomic E-state index is 3.75. The van der Waals surface area contributed by atoms with Crippen LogP contribution in [0.15, 0.2) is 0 Å². The van der Waals surface area contributed by atoms with Crippen LogP contribution in [0.25, 0.3) is 0 Å². The summed E-state index contributed by atoms with van der Waals surface area (Å²) in [5.74, 6) is 0.582. The molecule has 0 aliphatic heterocycles. The average Bonchev–Trinajstić information content (AvgIpc) is 1.83. The van der Waals surface area contributed by atoms with Crippen LogP contribution in [0, 0.1) is 5.92 Å². The number of rotatable bonds is 1. The normalized spacial score (nSPS) is 30.2. The molecule has 0 aromatic carbocycles. The van der Waals surface area contributed by atoms with Gasteiger partial charge in [0.15, 0.2) is 0 Å². The summed E-state index contributed by atoms with van der Waals surface area (Å²) < 4.78 is 0.146. The van der Waals surface area contributed by atoms with Crippen molar-refractivity contribution in [2.75, 3.05) is 0 Å². The Labute approximate surface area is 108 Å². The molecule has 0 N–H and O–H groups in total. The lowest BCUT2D eigenvalue weighted by Crippen LogP contribution is -2.38. The van der Waals surface area contributed by atoms with Crippen molar-refractivity contribution in [3.05, 3.63) is 0 Å². The van der Waals surface area contributed by atoms with E-state index in [9.17, 15) is 0 Å². The van der Waals surface area contributed by atoms with E-state index in [-0.39, 0.29) is 6.47 Å². The fourth-order valence-electron chi connectivity index (χ4n) is 1.72. The van der Waals surface area contributed by atoms with Crippen LogP contribution in [0.1, 0.15) is 32.6 Å². The van der Waals surface area contributed by atoms with Crippen molar-refractivity contribution in [1.82, 2.24) is 0 Å². The van der Waals surface area contributed by atoms with Crippen LogP contribution in [0.3, 0.4) is 0 Å². The number of hydrogen-bond acceptors (Lipinski definition) is 0. The quantitative estimate of drug-likeness (QED) is 0.507. The zero-order valence-electron chi connectivity index (χ0n) is 6.92. The van der Waals surface area contributed by atoms with Gasteiger partial charge >= 0.3 is 0 Å². The highest BCUT2D eigenvalue weighted by molar-refractivity contribution is 9.26. The second-order valence-corrected chi connectivity index (χ2v) is 11.8. The number of halogens is 4. The first-order chi connectivity index (χ1) is 5.34. The average molecular weight is 428 g/mol. The first-order valence-corrected chi connectivity index (χ1v) is 7.27. The lowest BCUT2D eigenvalue weighted by Gasteiger charge is -2.41. The molecule has 0 aromatic heterocycles. The lowest BCUT2D eigenvalue weighted by molar-refractivity contribution is 0.348. The molecule has 0 aromatic rings. The third-order valence-corrected chi connectivity index (χ3v) is 5.38. The van der Waals surface area contributed by atoms with E-state index in [0.717, 1.165) is 0 Å². The van der Waals surface area contributed by atoms with Crippen molar-refractivity contribution in [3.8, 4) is 0 Å². The van der Waals surface area contributed by atoms with Gasteiger partial charge in [-0.3, -0.25) is 0 Å². The van der Waals surface area contributed by atoms with Crippen molar-refractivity contribution >= 4 is 63.7 Å². The fourth-order valence-corrected chi connectivity index (χ4v) is 6.12. The Hall–Kier alpha value is 1.92. The first kappa shape index (κ1) is 12.0. The Morgan fingerprint density at radius 2 is 1.83 bits per heavy atom. The van der Waals surface area contributed by atoms with Crippen molar-refractivity contribution in [2.45, 2.75) is 39.1 Å². The van der Waals surface area contributed by atoms with Gasteiger partial charge in [0, 0.05) is 5.92 Å². The highest BCUT2D eigenvalue weighted by atomic mass is 79.9. The maximum Gasteiger partial charge on any atom is 0.0855 e. The molecular weight excluding hydrogens is 416 g/mol. The topological polar surface area (TPSA) is 0 Å². The van der Waals surface area contributed by atoms with Gasteiger partial charge in [-0.2, -0.15) is 0 Å². The first-order valence-electron chi connectivity index (χ1n) is 4.10. The van der Waals surface area contributed by atoms with Crippen LogP contribution < -0.4 is 0 Å². The molecular formula is C8H12Br4. The Kier molecular flexibility index (Phi) is 4.19. The zero-order chi connectivity index (χ0) is 9.41. The summed E-state index contributed by atoms with van der Waals surface area (Å²) in [6.07, 6.45) is 5.09. The molecule has 1 fully saturated rings. The molecule has 12 heavy (non-hydrogen) atoms. The Bertz CT molecular complexity index is 159. The largest absolute Gasteiger partial charge is 0.0855 e. The van der Waals surface area contributed by atoms with E-state index in [2.05, 4.69) is 70.6 Å². The fraction of sp³-hybridized carbons (Fsp3) is 1.00. The summed E-state index contributed by atoms with van der Waals surface area (Å²) in [6.45, 7) is 2.17. The summed E-state index contributed by atoms with van der Waals surface area (Å²) in [6, 6.07) is 0. The molecule has 0 heterocycles. The summed E-state index contributed by atoms with van der Waals surface area (Å²) in [4.78, 5) is 0. The molecule has 1 aliphatic rings. The summed E-state index contributed by atoms with van der Waals surface area (Å²) in [5, 5.41) is 0. The highest BCUT2D eigenvalue weighted by Gasteiger charge is 2.44. The summed E-state index contributed by atoms with van der Waals surface area (Å²) in [5.41, 5.74) is 0. The minimum absolute atomic E-state index is 0.0351. The van der Waals surface area contributed by atoms with E-state index in [4.69, 9.17) is 0 Å². The van der Waals surface area contributed by atoms with Crippen LogP contribution in [0.4, 0.5) is 0 Å². The molecule has 72 valence electrons. The molecule has 1 atom stereocenters. The van der Waals surface area contributed by atoms with E-state index in [1.54, 1.807) is 0 Å². The van der Waals surface area contributed by atoms with Gasteiger partial charge in [0.25, 0.3) is 0 Å². The van der Waals surface area contributed by atoms with E-state index in [0.29, 0.717) is 5.92 Å². The third-order valence-electron chi connectivity index (χ3n) is 2.37. The van der Waals surface area contributed by atoms with E-state index < -0.39 is 0 Å². The van der Waals surface area contributed by atoms with Crippen LogP contribution >= 0.6 is 63.7 Å². The van der Waals surface area contributed by atoms with E-state index in [1.807, 2.05) is 0 Å². The number of hydrogen-bond donors (Lipinski definition) is 0. The van der Waals surface area contributed by atoms with Gasteiger partial charge in [-0.1, -0.05) is 76.6 Å². The Morgan fingerprint density at radius 3 is 2.17 bits per heavy atom. The van der Waals surface area contributed by atoms with Gasteiger partial charge in [0.1, 0.15) is 0 Å². The molecule has 0 nitrogen and oxygen atoms in total. The molecule has 1 aliphatic carbocycles. The second kappa shape index (κ2) is 4.19. The molecule has 1 unspecified atom stereocenters. The van der Waals surface area contributed by atoms with Crippen LogP contribution in [0.2, 0.25) is 0 Å². The minimum Gasteiger partial charge on any atom is -0.0726 e. The Balaban J connectivity index is 2.73. The van der Waals surface area contributed by atoms with Crippen LogP contribution in [0.5, 0.6) is 0 Å². The van der Waals surface area contributed by atoms with Gasteiger partial charge in [0.2, 0.25) is 0 Å². The van der Waals surface area contributed by atoms with Crippen molar-refractivity contribution in [3.63, 3.8) is 0 Å². The molecule has 0 radical (unpaired) electrons. The molecule has 1 saturated carbocycles. The van der Waals surface area contributed by atoms with Gasteiger partial charge < -0.3 is 0 Å². The standard InChI is InChI=1S/C8H12Br4/c1-7(9,10)6-4-2-3-5-8(6,11)12/h6H,2-5H2,1H3. The van der Waals surface area contributed by atoms with Gasteiger partial charge in [-0.25, -0.2) is 0 Å². The van der Waals surface area contributed by atoms with Crippen LogP contribution in [-0.4, -0.2) is 6.47 Å². The van der Waals surface area contributed by atoms with E-state index in [1.165, 1.54) is 25.7 Å². The van der Waals surface area contributed by atoms with Crippen molar-refractivity contribution in [2.24, 2.45) is 5.92 Å². The van der Waals surface area contributed by atoms with Gasteiger partial charge in [-0.15, -0.1) is 0 Å². The third kappa shape index (κ3) is 2.96. The molecule has 0 spiro atoms. The molecule has 1 rings (SSSR count). The zero-order valence-corrected chi connectivity index (χ0v) is 13.3. The maximum atomic E-state index is 3.75. The SMILES string of the molecule is CC(Br)(Br)C1CCCCC1(Br)Br. The number of alkyl halides is 4. The summed E-state index contributed by atoms with van der Waals surface area (Å²) >= 11 is 14.8. The molecule has 0 amide bonds. The predicted molar refractivity (Wildman–Crippen MR) is 68.8 cm³/mol. The Morgan fingerprint density at radius 1 is 1.25 bits per heavy atom. The van der Waals surface area contributed by atoms with Crippen molar-refractivity contribution in [1.29, 1.82) is 0 Å². The molecule has 0 saturated heterocycles.